The van der Waals surface area contributed by atoms with Crippen molar-refractivity contribution in [1.29, 1.82) is 0 Å². The minimum absolute atomic E-state index is 0.0472. The van der Waals surface area contributed by atoms with Gasteiger partial charge in [-0.2, -0.15) is 0 Å². The highest BCUT2D eigenvalue weighted by Gasteiger charge is 2.27. The number of rotatable bonds is 21. The van der Waals surface area contributed by atoms with Crippen LogP contribution in [0.4, 0.5) is 0 Å². The highest BCUT2D eigenvalue weighted by Crippen LogP contribution is 2.19. The summed E-state index contributed by atoms with van der Waals surface area (Å²) in [5, 5.41) is 21.1. The number of hydrogen-bond acceptors (Lipinski definition) is 6. The largest absolute Gasteiger partial charge is 0.386 e. The molecule has 0 aliphatic carbocycles. The Morgan fingerprint density at radius 3 is 1.32 bits per heavy atom. The third-order valence-corrected chi connectivity index (χ3v) is 7.73. The predicted molar refractivity (Wildman–Crippen MR) is 164 cm³/mol. The van der Waals surface area contributed by atoms with Crippen molar-refractivity contribution in [2.45, 2.75) is 127 Å². The van der Waals surface area contributed by atoms with E-state index in [1.165, 1.54) is 51.4 Å². The minimum atomic E-state index is -0.738. The van der Waals surface area contributed by atoms with Gasteiger partial charge in [-0.15, -0.1) is 23.2 Å². The molecule has 0 aromatic carbocycles. The van der Waals surface area contributed by atoms with Crippen LogP contribution < -0.4 is 0 Å². The summed E-state index contributed by atoms with van der Waals surface area (Å²) >= 11 is 11.4. The third kappa shape index (κ3) is 16.1. The summed E-state index contributed by atoms with van der Waals surface area (Å²) in [6.07, 6.45) is 28.0. The van der Waals surface area contributed by atoms with Gasteiger partial charge in [-0.1, -0.05) is 100.0 Å². The fourth-order valence-corrected chi connectivity index (χ4v) is 5.08. The van der Waals surface area contributed by atoms with Gasteiger partial charge in [0.2, 0.25) is 0 Å². The molecule has 230 valence electrons. The lowest BCUT2D eigenvalue weighted by atomic mass is 10.1. The van der Waals surface area contributed by atoms with Gasteiger partial charge in [-0.3, -0.25) is 0 Å². The van der Waals surface area contributed by atoms with Gasteiger partial charge in [0.25, 0.3) is 0 Å². The lowest BCUT2D eigenvalue weighted by Gasteiger charge is -2.20. The summed E-state index contributed by atoms with van der Waals surface area (Å²) in [5.74, 6) is 1.51. The summed E-state index contributed by atoms with van der Waals surface area (Å²) in [6, 6.07) is 0. The van der Waals surface area contributed by atoms with Crippen LogP contribution in [0.3, 0.4) is 0 Å². The van der Waals surface area contributed by atoms with E-state index in [0.29, 0.717) is 0 Å². The molecule has 0 radical (unpaired) electrons. The monoisotopic (exact) mass is 602 g/mol. The zero-order valence-corrected chi connectivity index (χ0v) is 25.6. The van der Waals surface area contributed by atoms with Gasteiger partial charge >= 0.3 is 0 Å². The first-order valence-electron chi connectivity index (χ1n) is 15.3. The maximum atomic E-state index is 10.6. The predicted octanol–water partition coefficient (Wildman–Crippen LogP) is 7.36. The van der Waals surface area contributed by atoms with Gasteiger partial charge in [0, 0.05) is 11.8 Å². The normalized spacial score (nSPS) is 25.4. The Bertz CT molecular complexity index is 668. The van der Waals surface area contributed by atoms with E-state index in [9.17, 15) is 10.2 Å². The number of aliphatic hydroxyl groups excluding tert-OH is 2. The number of halogens is 2. The smallest absolute Gasteiger partial charge is 0.148 e. The molecule has 2 heterocycles. The van der Waals surface area contributed by atoms with Crippen LogP contribution in [0.15, 0.2) is 48.6 Å². The lowest BCUT2D eigenvalue weighted by molar-refractivity contribution is -0.155. The van der Waals surface area contributed by atoms with E-state index in [-0.39, 0.29) is 25.8 Å². The summed E-state index contributed by atoms with van der Waals surface area (Å²) < 4.78 is 23.1. The van der Waals surface area contributed by atoms with Crippen molar-refractivity contribution in [3.8, 4) is 0 Å². The Labute approximate surface area is 252 Å². The van der Waals surface area contributed by atoms with Crippen LogP contribution in [0.2, 0.25) is 0 Å². The van der Waals surface area contributed by atoms with Crippen LogP contribution in [-0.2, 0) is 18.9 Å². The van der Waals surface area contributed by atoms with Gasteiger partial charge in [-0.05, 0) is 38.5 Å². The molecule has 0 saturated heterocycles. The minimum Gasteiger partial charge on any atom is -0.386 e. The van der Waals surface area contributed by atoms with E-state index in [4.69, 9.17) is 42.1 Å². The van der Waals surface area contributed by atoms with Crippen LogP contribution in [0.1, 0.15) is 89.9 Å². The molecule has 0 aromatic rings. The molecule has 2 N–H and O–H groups in total. The first kappa shape index (κ1) is 35.5. The van der Waals surface area contributed by atoms with E-state index in [1.54, 1.807) is 12.2 Å². The van der Waals surface area contributed by atoms with Gasteiger partial charge < -0.3 is 29.2 Å². The standard InChI is InChI=1S/C32H52Cl2O6/c33-23-15-11-7-3-1-5-9-13-17-27(35)29-19-21-31(39-25-37-29)32-22-20-30(38-26-40-32)28(36)18-14-10-6-2-4-8-12-16-24-34/h13-14,17-22,27-32,35-36H,1-12,15-16,23-26H2/b17-13+,18-14+/t27-,28-,29-,30-,31-,32-/m1/s1. The van der Waals surface area contributed by atoms with Crippen molar-refractivity contribution < 1.29 is 29.2 Å². The van der Waals surface area contributed by atoms with E-state index in [0.717, 1.165) is 50.3 Å². The van der Waals surface area contributed by atoms with Crippen molar-refractivity contribution in [2.75, 3.05) is 25.3 Å². The van der Waals surface area contributed by atoms with Crippen LogP contribution in [-0.4, -0.2) is 72.2 Å². The summed E-state index contributed by atoms with van der Waals surface area (Å²) in [6.45, 7) is 0.0944. The Morgan fingerprint density at radius 2 is 0.925 bits per heavy atom. The average molecular weight is 604 g/mol. The van der Waals surface area contributed by atoms with Gasteiger partial charge in [0.05, 0.1) is 0 Å². The molecule has 0 amide bonds. The molecular weight excluding hydrogens is 551 g/mol. The summed E-state index contributed by atoms with van der Waals surface area (Å²) in [5.41, 5.74) is 0. The maximum Gasteiger partial charge on any atom is 0.148 e. The molecule has 2 aliphatic heterocycles. The van der Waals surface area contributed by atoms with Crippen LogP contribution in [0.5, 0.6) is 0 Å². The zero-order chi connectivity index (χ0) is 28.7. The van der Waals surface area contributed by atoms with Crippen molar-refractivity contribution >= 4 is 23.2 Å². The first-order valence-corrected chi connectivity index (χ1v) is 16.4. The van der Waals surface area contributed by atoms with E-state index >= 15 is 0 Å². The lowest BCUT2D eigenvalue weighted by Crippen LogP contribution is -2.29. The van der Waals surface area contributed by atoms with E-state index in [1.807, 2.05) is 36.5 Å². The Morgan fingerprint density at radius 1 is 0.550 bits per heavy atom. The molecule has 8 heteroatoms. The molecule has 0 unspecified atom stereocenters. The van der Waals surface area contributed by atoms with Crippen LogP contribution in [0, 0.1) is 0 Å². The molecule has 0 spiro atoms. The first-order chi connectivity index (χ1) is 19.7. The number of alkyl halides is 2. The number of aliphatic hydroxyl groups is 2. The van der Waals surface area contributed by atoms with Crippen molar-refractivity contribution in [3.05, 3.63) is 48.6 Å². The Kier molecular flexibility index (Phi) is 21.1. The molecule has 2 aliphatic rings. The maximum absolute atomic E-state index is 10.6. The molecular formula is C32H52Cl2O6. The summed E-state index contributed by atoms with van der Waals surface area (Å²) in [7, 11) is 0. The second-order valence-corrected chi connectivity index (χ2v) is 11.3. The SMILES string of the molecule is O[C@H](/C=C/CCCCCCCCCl)[C@H]1C=C[C@H]([C@H]2C=C[C@H]([C@H](O)/C=C/CCCCCCCCCl)OCO2)OCO1. The van der Waals surface area contributed by atoms with Crippen LogP contribution in [0.25, 0.3) is 0 Å². The zero-order valence-electron chi connectivity index (χ0n) is 24.1. The Hall–Kier alpha value is -0.700. The van der Waals surface area contributed by atoms with Crippen molar-refractivity contribution in [3.63, 3.8) is 0 Å². The fraction of sp³-hybridized carbons (Fsp3) is 0.750. The molecule has 2 rings (SSSR count). The van der Waals surface area contributed by atoms with E-state index in [2.05, 4.69) is 0 Å². The van der Waals surface area contributed by atoms with Crippen molar-refractivity contribution in [2.24, 2.45) is 0 Å². The average Bonchev–Trinajstić information content (AvgIpc) is 3.37. The molecule has 0 aromatic heterocycles. The number of unbranched alkanes of at least 4 members (excludes halogenated alkanes) is 12. The van der Waals surface area contributed by atoms with Crippen molar-refractivity contribution in [1.82, 2.24) is 0 Å². The molecule has 0 bridgehead atoms. The Balaban J connectivity index is 1.69. The molecule has 6 atom stereocenters. The third-order valence-electron chi connectivity index (χ3n) is 7.20. The highest BCUT2D eigenvalue weighted by molar-refractivity contribution is 6.18. The van der Waals surface area contributed by atoms with Gasteiger partial charge in [0.15, 0.2) is 0 Å². The number of ether oxygens (including phenoxy) is 4. The molecule has 0 fully saturated rings. The van der Waals surface area contributed by atoms with Gasteiger partial charge in [-0.25, -0.2) is 0 Å². The molecule has 6 nitrogen and oxygen atoms in total. The second-order valence-electron chi connectivity index (χ2n) is 10.6. The second kappa shape index (κ2) is 23.8. The fourth-order valence-electron chi connectivity index (χ4n) is 4.70. The topological polar surface area (TPSA) is 77.4 Å². The molecule has 0 saturated carbocycles. The number of hydrogen-bond donors (Lipinski definition) is 2. The quantitative estimate of drug-likeness (QED) is 0.0812. The van der Waals surface area contributed by atoms with Gasteiger partial charge in [0.1, 0.15) is 50.2 Å². The highest BCUT2D eigenvalue weighted by atomic mass is 35.5. The van der Waals surface area contributed by atoms with Crippen LogP contribution >= 0.6 is 23.2 Å². The summed E-state index contributed by atoms with van der Waals surface area (Å²) in [4.78, 5) is 0. The molecule has 40 heavy (non-hydrogen) atoms. The van der Waals surface area contributed by atoms with E-state index < -0.39 is 24.4 Å². The number of allylic oxidation sites excluding steroid dienone is 2.